The second-order valence-electron chi connectivity index (χ2n) is 7.97. The summed E-state index contributed by atoms with van der Waals surface area (Å²) in [6.07, 6.45) is -2.49. The Kier molecular flexibility index (Phi) is 7.77. The van der Waals surface area contributed by atoms with Crippen LogP contribution in [0.1, 0.15) is 21.6 Å². The molecule has 0 aliphatic rings. The van der Waals surface area contributed by atoms with Crippen molar-refractivity contribution in [2.24, 2.45) is 5.73 Å². The summed E-state index contributed by atoms with van der Waals surface area (Å²) in [5.41, 5.74) is 3.49. The van der Waals surface area contributed by atoms with Crippen molar-refractivity contribution in [3.05, 3.63) is 81.0 Å². The van der Waals surface area contributed by atoms with E-state index in [1.165, 1.54) is 18.3 Å². The lowest BCUT2D eigenvalue weighted by molar-refractivity contribution is -0.138. The Labute approximate surface area is 218 Å². The second-order valence-corrected chi connectivity index (χ2v) is 8.41. The van der Waals surface area contributed by atoms with E-state index >= 15 is 0 Å². The highest BCUT2D eigenvalue weighted by molar-refractivity contribution is 6.30. The predicted molar refractivity (Wildman–Crippen MR) is 131 cm³/mol. The van der Waals surface area contributed by atoms with E-state index in [0.717, 1.165) is 21.5 Å². The van der Waals surface area contributed by atoms with Gasteiger partial charge in [-0.25, -0.2) is 4.98 Å². The van der Waals surface area contributed by atoms with E-state index in [4.69, 9.17) is 27.3 Å². The van der Waals surface area contributed by atoms with E-state index < -0.39 is 29.0 Å². The van der Waals surface area contributed by atoms with Crippen molar-refractivity contribution >= 4 is 28.5 Å². The third-order valence-corrected chi connectivity index (χ3v) is 5.54. The molecule has 3 heterocycles. The monoisotopic (exact) mass is 545 g/mol. The average Bonchev–Trinajstić information content (AvgIpc) is 3.24. The number of carbonyl (C=O) groups is 1. The Bertz CT molecular complexity index is 1610. The lowest BCUT2D eigenvalue weighted by Gasteiger charge is -2.15. The van der Waals surface area contributed by atoms with E-state index in [2.05, 4.69) is 15.4 Å². The number of ether oxygens (including phenoxy) is 1. The van der Waals surface area contributed by atoms with Gasteiger partial charge in [0.25, 0.3) is 11.5 Å². The first-order valence-electron chi connectivity index (χ1n) is 11.1. The smallest absolute Gasteiger partial charge is 0.420 e. The van der Waals surface area contributed by atoms with Gasteiger partial charge in [0.15, 0.2) is 5.65 Å². The van der Waals surface area contributed by atoms with E-state index in [-0.39, 0.29) is 40.8 Å². The molecular weight excluding hydrogens is 527 g/mol. The molecule has 0 spiro atoms. The van der Waals surface area contributed by atoms with Crippen molar-refractivity contribution in [3.8, 4) is 17.6 Å². The molecule has 3 aromatic heterocycles. The number of benzene rings is 1. The van der Waals surface area contributed by atoms with Crippen LogP contribution in [0.3, 0.4) is 0 Å². The number of nitrogens with two attached hydrogens (primary N) is 1. The number of fused-ring (bicyclic) bond motifs is 1. The summed E-state index contributed by atoms with van der Waals surface area (Å²) in [6.45, 7) is 0.361. The molecule has 3 N–H and O–H groups in total. The van der Waals surface area contributed by atoms with Gasteiger partial charge in [0, 0.05) is 35.9 Å². The van der Waals surface area contributed by atoms with Gasteiger partial charge in [0.1, 0.15) is 11.3 Å². The number of nitriles is 1. The number of nitrogens with one attached hydrogen (secondary N) is 1. The molecule has 10 nitrogen and oxygen atoms in total. The van der Waals surface area contributed by atoms with E-state index in [1.807, 2.05) is 6.07 Å². The largest absolute Gasteiger partial charge is 0.451 e. The van der Waals surface area contributed by atoms with Gasteiger partial charge in [-0.05, 0) is 36.4 Å². The molecule has 0 atom stereocenters. The zero-order chi connectivity index (χ0) is 27.4. The molecule has 0 aliphatic carbocycles. The van der Waals surface area contributed by atoms with Gasteiger partial charge in [-0.3, -0.25) is 9.59 Å². The third-order valence-electron chi connectivity index (χ3n) is 5.32. The molecule has 0 radical (unpaired) electrons. The van der Waals surface area contributed by atoms with Crippen LogP contribution in [-0.2, 0) is 12.7 Å². The highest BCUT2D eigenvalue weighted by Crippen LogP contribution is 2.36. The van der Waals surface area contributed by atoms with Crippen molar-refractivity contribution in [1.82, 2.24) is 24.6 Å². The number of alkyl halides is 3. The van der Waals surface area contributed by atoms with Crippen LogP contribution < -0.4 is 21.3 Å². The number of halogens is 4. The van der Waals surface area contributed by atoms with Gasteiger partial charge in [0.2, 0.25) is 5.75 Å². The van der Waals surface area contributed by atoms with Crippen LogP contribution >= 0.6 is 11.6 Å². The molecule has 196 valence electrons. The minimum absolute atomic E-state index is 0.0347. The summed E-state index contributed by atoms with van der Waals surface area (Å²) >= 11 is 5.94. The molecule has 0 fully saturated rings. The number of pyridine rings is 2. The van der Waals surface area contributed by atoms with Gasteiger partial charge < -0.3 is 20.4 Å². The Hall–Kier alpha value is -4.25. The summed E-state index contributed by atoms with van der Waals surface area (Å²) in [5.74, 6) is -1.66. The van der Waals surface area contributed by atoms with Crippen molar-refractivity contribution in [2.45, 2.75) is 12.7 Å². The van der Waals surface area contributed by atoms with Crippen LogP contribution in [-0.4, -0.2) is 44.9 Å². The number of hydrogen-bond acceptors (Lipinski definition) is 8. The highest BCUT2D eigenvalue weighted by Gasteiger charge is 2.36. The van der Waals surface area contributed by atoms with Crippen molar-refractivity contribution in [1.29, 1.82) is 5.26 Å². The van der Waals surface area contributed by atoms with Crippen LogP contribution in [0.4, 0.5) is 13.2 Å². The zero-order valence-electron chi connectivity index (χ0n) is 19.5. The van der Waals surface area contributed by atoms with E-state index in [0.29, 0.717) is 24.5 Å². The fourth-order valence-corrected chi connectivity index (χ4v) is 3.87. The molecule has 0 bridgehead atoms. The number of rotatable bonds is 8. The fraction of sp³-hybridized carbons (Fsp3) is 0.208. The third kappa shape index (κ3) is 5.67. The minimum atomic E-state index is -4.91. The molecule has 38 heavy (non-hydrogen) atoms. The maximum Gasteiger partial charge on any atom is 0.420 e. The van der Waals surface area contributed by atoms with Crippen LogP contribution in [0.2, 0.25) is 5.02 Å². The molecule has 0 aliphatic heterocycles. The number of carbonyl (C=O) groups excluding carboxylic acids is 1. The van der Waals surface area contributed by atoms with Crippen molar-refractivity contribution in [2.75, 3.05) is 19.6 Å². The number of aromatic nitrogens is 4. The second kappa shape index (κ2) is 11.0. The summed E-state index contributed by atoms with van der Waals surface area (Å²) < 4.78 is 48.7. The molecule has 14 heteroatoms. The Morgan fingerprint density at radius 1 is 1.26 bits per heavy atom. The number of hydrogen-bond donors (Lipinski definition) is 2. The van der Waals surface area contributed by atoms with E-state index in [1.54, 1.807) is 12.1 Å². The van der Waals surface area contributed by atoms with Gasteiger partial charge in [-0.1, -0.05) is 11.6 Å². The van der Waals surface area contributed by atoms with Gasteiger partial charge in [-0.2, -0.15) is 28.2 Å². The normalized spacial score (nSPS) is 11.5. The summed E-state index contributed by atoms with van der Waals surface area (Å²) in [5, 5.41) is 16.7. The Balaban J connectivity index is 1.76. The molecule has 0 saturated carbocycles. The topological polar surface area (TPSA) is 141 Å². The van der Waals surface area contributed by atoms with Crippen LogP contribution in [0.15, 0.2) is 53.6 Å². The molecule has 4 rings (SSSR count). The quantitative estimate of drug-likeness (QED) is 0.322. The predicted octanol–water partition coefficient (Wildman–Crippen LogP) is 3.17. The molecule has 0 amide bonds. The maximum absolute atomic E-state index is 13.8. The number of nitrogens with zero attached hydrogens (tertiary/aromatic N) is 5. The first-order valence-corrected chi connectivity index (χ1v) is 11.5. The Morgan fingerprint density at radius 3 is 2.76 bits per heavy atom. The van der Waals surface area contributed by atoms with Crippen LogP contribution in [0, 0.1) is 11.3 Å². The lowest BCUT2D eigenvalue weighted by atomic mass is 10.2. The van der Waals surface area contributed by atoms with Gasteiger partial charge in [-0.15, -0.1) is 0 Å². The molecule has 4 aromatic rings. The first kappa shape index (κ1) is 26.8. The molecule has 0 saturated heterocycles. The van der Waals surface area contributed by atoms with Crippen molar-refractivity contribution in [3.63, 3.8) is 0 Å². The maximum atomic E-state index is 13.8. The average molecular weight is 546 g/mol. The standard InChI is InChI=1S/C24H19ClF3N7O3/c25-15-8-14(11-30)9-16(10-15)38-21-18(24(26,27)28)3-7-34(23(21)37)13-19-17-2-1-5-32-22(17)35(33-19)20(36)12-31-6-4-29/h1-3,5,7-10,31H,4,6,12-13,29H2. The molecular formula is C24H19ClF3N7O3. The van der Waals surface area contributed by atoms with Crippen molar-refractivity contribution < 1.29 is 22.7 Å². The molecule has 1 aromatic carbocycles. The minimum Gasteiger partial charge on any atom is -0.451 e. The fourth-order valence-electron chi connectivity index (χ4n) is 3.64. The summed E-state index contributed by atoms with van der Waals surface area (Å²) in [6, 6.07) is 9.39. The molecule has 0 unspecified atom stereocenters. The highest BCUT2D eigenvalue weighted by atomic mass is 35.5. The van der Waals surface area contributed by atoms with Crippen LogP contribution in [0.5, 0.6) is 11.5 Å². The Morgan fingerprint density at radius 2 is 2.05 bits per heavy atom. The zero-order valence-corrected chi connectivity index (χ0v) is 20.3. The summed E-state index contributed by atoms with van der Waals surface area (Å²) in [4.78, 5) is 30.1. The van der Waals surface area contributed by atoms with Gasteiger partial charge in [0.05, 0.1) is 30.4 Å². The first-order chi connectivity index (χ1) is 18.1. The van der Waals surface area contributed by atoms with Gasteiger partial charge >= 0.3 is 6.18 Å². The SMILES string of the molecule is N#Cc1cc(Cl)cc(Oc2c(C(F)(F)F)ccn(Cc3nn(C(=O)CNCCN)c4ncccc34)c2=O)c1. The van der Waals surface area contributed by atoms with Crippen LogP contribution in [0.25, 0.3) is 11.0 Å². The van der Waals surface area contributed by atoms with E-state index in [9.17, 15) is 22.8 Å². The summed E-state index contributed by atoms with van der Waals surface area (Å²) in [7, 11) is 0. The lowest BCUT2D eigenvalue weighted by Crippen LogP contribution is -2.31.